The molecule has 0 spiro atoms. The molecule has 1 aromatic heterocycles. The predicted octanol–water partition coefficient (Wildman–Crippen LogP) is 1.74. The molecule has 3 N–H and O–H groups in total. The highest BCUT2D eigenvalue weighted by Crippen LogP contribution is 2.32. The first-order valence-electron chi connectivity index (χ1n) is 6.51. The second kappa shape index (κ2) is 5.53. The number of nitrogens with one attached hydrogen (secondary N) is 3. The molecule has 1 aliphatic rings. The Labute approximate surface area is 125 Å². The van der Waals surface area contributed by atoms with Crippen LogP contribution in [0.25, 0.3) is 10.4 Å². The number of carbonyl (C=O) groups is 2. The van der Waals surface area contributed by atoms with E-state index in [2.05, 4.69) is 20.9 Å². The highest BCUT2D eigenvalue weighted by molar-refractivity contribution is 7.19. The highest BCUT2D eigenvalue weighted by atomic mass is 32.1. The summed E-state index contributed by atoms with van der Waals surface area (Å²) in [7, 11) is 0. The standard InChI is InChI=1S/C14H14N4O2S/c1-8-11(9-5-3-2-4-6-9)21-14(16-8)18-12(19)10-7-15-13(20)17-10/h2-6,10H,7H2,1H3,(H2,15,17,20)(H,16,18,19)/t10-/m0/s1. The molecule has 108 valence electrons. The molecule has 0 aliphatic carbocycles. The van der Waals surface area contributed by atoms with Crippen LogP contribution in [0.1, 0.15) is 5.69 Å². The summed E-state index contributed by atoms with van der Waals surface area (Å²) >= 11 is 1.42. The van der Waals surface area contributed by atoms with Crippen molar-refractivity contribution < 1.29 is 9.59 Å². The Hall–Kier alpha value is -2.41. The van der Waals surface area contributed by atoms with Crippen LogP contribution in [0.5, 0.6) is 0 Å². The number of carbonyl (C=O) groups excluding carboxylic acids is 2. The van der Waals surface area contributed by atoms with E-state index < -0.39 is 6.04 Å². The molecular formula is C14H14N4O2S. The molecule has 1 atom stereocenters. The van der Waals surface area contributed by atoms with Crippen LogP contribution in [0.4, 0.5) is 9.93 Å². The van der Waals surface area contributed by atoms with Gasteiger partial charge in [0.1, 0.15) is 6.04 Å². The van der Waals surface area contributed by atoms with Crippen molar-refractivity contribution in [3.63, 3.8) is 0 Å². The summed E-state index contributed by atoms with van der Waals surface area (Å²) in [5.74, 6) is -0.262. The first-order chi connectivity index (χ1) is 10.1. The van der Waals surface area contributed by atoms with Crippen LogP contribution < -0.4 is 16.0 Å². The monoisotopic (exact) mass is 302 g/mol. The summed E-state index contributed by atoms with van der Waals surface area (Å²) in [5, 5.41) is 8.38. The van der Waals surface area contributed by atoms with Crippen LogP contribution in [0, 0.1) is 6.92 Å². The quantitative estimate of drug-likeness (QED) is 0.807. The van der Waals surface area contributed by atoms with Crippen molar-refractivity contribution in [3.05, 3.63) is 36.0 Å². The van der Waals surface area contributed by atoms with Gasteiger partial charge in [-0.15, -0.1) is 0 Å². The van der Waals surface area contributed by atoms with E-state index >= 15 is 0 Å². The van der Waals surface area contributed by atoms with Crippen molar-refractivity contribution in [1.82, 2.24) is 15.6 Å². The predicted molar refractivity (Wildman–Crippen MR) is 81.2 cm³/mol. The number of thiazole rings is 1. The summed E-state index contributed by atoms with van der Waals surface area (Å²) in [6, 6.07) is 9.02. The van der Waals surface area contributed by atoms with Gasteiger partial charge in [0.25, 0.3) is 5.91 Å². The van der Waals surface area contributed by atoms with Crippen LogP contribution in [0.2, 0.25) is 0 Å². The van der Waals surface area contributed by atoms with Gasteiger partial charge in [0.2, 0.25) is 0 Å². The third-order valence-corrected chi connectivity index (χ3v) is 4.27. The molecule has 6 nitrogen and oxygen atoms in total. The van der Waals surface area contributed by atoms with E-state index in [0.29, 0.717) is 11.7 Å². The number of benzene rings is 1. The summed E-state index contributed by atoms with van der Waals surface area (Å²) in [6.45, 7) is 2.20. The number of hydrogen-bond acceptors (Lipinski definition) is 4. The molecule has 0 saturated carbocycles. The Bertz CT molecular complexity index is 684. The molecule has 0 bridgehead atoms. The van der Waals surface area contributed by atoms with E-state index in [9.17, 15) is 9.59 Å². The minimum absolute atomic E-state index is 0.262. The number of aryl methyl sites for hydroxylation is 1. The van der Waals surface area contributed by atoms with Crippen molar-refractivity contribution in [2.45, 2.75) is 13.0 Å². The lowest BCUT2D eigenvalue weighted by Crippen LogP contribution is -2.38. The Balaban J connectivity index is 1.75. The Morgan fingerprint density at radius 3 is 2.81 bits per heavy atom. The number of aromatic nitrogens is 1. The van der Waals surface area contributed by atoms with E-state index in [0.717, 1.165) is 16.1 Å². The average molecular weight is 302 g/mol. The maximum Gasteiger partial charge on any atom is 0.315 e. The fourth-order valence-corrected chi connectivity index (χ4v) is 3.09. The van der Waals surface area contributed by atoms with Gasteiger partial charge in [-0.3, -0.25) is 4.79 Å². The van der Waals surface area contributed by atoms with Crippen molar-refractivity contribution in [1.29, 1.82) is 0 Å². The van der Waals surface area contributed by atoms with E-state index in [-0.39, 0.29) is 11.9 Å². The largest absolute Gasteiger partial charge is 0.336 e. The molecule has 0 unspecified atom stereocenters. The first kappa shape index (κ1) is 13.6. The number of nitrogens with zero attached hydrogens (tertiary/aromatic N) is 1. The van der Waals surface area contributed by atoms with E-state index in [4.69, 9.17) is 0 Å². The summed E-state index contributed by atoms with van der Waals surface area (Å²) < 4.78 is 0. The fourth-order valence-electron chi connectivity index (χ4n) is 2.11. The van der Waals surface area contributed by atoms with E-state index in [1.807, 2.05) is 37.3 Å². The van der Waals surface area contributed by atoms with Gasteiger partial charge in [-0.1, -0.05) is 41.7 Å². The molecule has 2 aromatic rings. The van der Waals surface area contributed by atoms with Crippen molar-refractivity contribution >= 4 is 28.4 Å². The smallest absolute Gasteiger partial charge is 0.315 e. The van der Waals surface area contributed by atoms with Gasteiger partial charge in [-0.25, -0.2) is 9.78 Å². The minimum atomic E-state index is -0.554. The third-order valence-electron chi connectivity index (χ3n) is 3.15. The lowest BCUT2D eigenvalue weighted by Gasteiger charge is -2.06. The fraction of sp³-hybridized carbons (Fsp3) is 0.214. The Kier molecular flexibility index (Phi) is 3.57. The number of rotatable bonds is 3. The molecule has 21 heavy (non-hydrogen) atoms. The number of urea groups is 1. The SMILES string of the molecule is Cc1nc(NC(=O)[C@@H]2CNC(=O)N2)sc1-c1ccccc1. The number of hydrogen-bond donors (Lipinski definition) is 3. The van der Waals surface area contributed by atoms with Gasteiger partial charge in [0.05, 0.1) is 10.6 Å². The van der Waals surface area contributed by atoms with Crippen molar-refractivity contribution in [2.75, 3.05) is 11.9 Å². The zero-order valence-electron chi connectivity index (χ0n) is 11.3. The first-order valence-corrected chi connectivity index (χ1v) is 7.33. The number of amides is 3. The molecule has 2 heterocycles. The average Bonchev–Trinajstić information content (AvgIpc) is 3.06. The molecule has 1 fully saturated rings. The highest BCUT2D eigenvalue weighted by Gasteiger charge is 2.27. The molecule has 1 aliphatic heterocycles. The molecule has 1 saturated heterocycles. The molecule has 3 rings (SSSR count). The molecular weight excluding hydrogens is 288 g/mol. The lowest BCUT2D eigenvalue weighted by atomic mass is 10.2. The van der Waals surface area contributed by atoms with Crippen molar-refractivity contribution in [2.24, 2.45) is 0 Å². The van der Waals surface area contributed by atoms with Gasteiger partial charge in [0.15, 0.2) is 5.13 Å². The van der Waals surface area contributed by atoms with Crippen LogP contribution in [0.3, 0.4) is 0 Å². The maximum absolute atomic E-state index is 12.0. The minimum Gasteiger partial charge on any atom is -0.336 e. The van der Waals surface area contributed by atoms with Gasteiger partial charge in [0, 0.05) is 6.54 Å². The molecule has 1 aromatic carbocycles. The van der Waals surface area contributed by atoms with Gasteiger partial charge >= 0.3 is 6.03 Å². The Morgan fingerprint density at radius 2 is 2.14 bits per heavy atom. The van der Waals surface area contributed by atoms with E-state index in [1.54, 1.807) is 0 Å². The summed E-state index contributed by atoms with van der Waals surface area (Å²) in [6.07, 6.45) is 0. The van der Waals surface area contributed by atoms with Crippen LogP contribution in [0.15, 0.2) is 30.3 Å². The summed E-state index contributed by atoms with van der Waals surface area (Å²) in [5.41, 5.74) is 1.94. The van der Waals surface area contributed by atoms with Crippen LogP contribution in [-0.4, -0.2) is 29.5 Å². The second-order valence-electron chi connectivity index (χ2n) is 4.70. The van der Waals surface area contributed by atoms with E-state index in [1.165, 1.54) is 11.3 Å². The van der Waals surface area contributed by atoms with Crippen LogP contribution in [-0.2, 0) is 4.79 Å². The summed E-state index contributed by atoms with van der Waals surface area (Å²) in [4.78, 5) is 28.5. The van der Waals surface area contributed by atoms with Gasteiger partial charge in [-0.05, 0) is 12.5 Å². The lowest BCUT2D eigenvalue weighted by molar-refractivity contribution is -0.117. The van der Waals surface area contributed by atoms with Crippen molar-refractivity contribution in [3.8, 4) is 10.4 Å². The topological polar surface area (TPSA) is 83.1 Å². The molecule has 3 amide bonds. The Morgan fingerprint density at radius 1 is 1.38 bits per heavy atom. The molecule has 0 radical (unpaired) electrons. The second-order valence-corrected chi connectivity index (χ2v) is 5.69. The zero-order valence-corrected chi connectivity index (χ0v) is 12.2. The third kappa shape index (κ3) is 2.87. The van der Waals surface area contributed by atoms with Crippen LogP contribution >= 0.6 is 11.3 Å². The molecule has 7 heteroatoms. The van der Waals surface area contributed by atoms with Gasteiger partial charge < -0.3 is 16.0 Å². The normalized spacial score (nSPS) is 17.2. The maximum atomic E-state index is 12.0. The van der Waals surface area contributed by atoms with Gasteiger partial charge in [-0.2, -0.15) is 0 Å². The number of anilines is 1. The zero-order chi connectivity index (χ0) is 14.8.